The number of amides is 1. The van der Waals surface area contributed by atoms with Crippen molar-refractivity contribution in [2.75, 3.05) is 18.6 Å². The first-order valence-corrected chi connectivity index (χ1v) is 11.7. The first-order chi connectivity index (χ1) is 15.8. The molecule has 1 unspecified atom stereocenters. The Bertz CT molecular complexity index is 1300. The molecule has 0 saturated heterocycles. The number of carbonyl (C=O) groups excluding carboxylic acids is 2. The maximum atomic E-state index is 13.1. The van der Waals surface area contributed by atoms with E-state index in [1.807, 2.05) is 48.4 Å². The van der Waals surface area contributed by atoms with E-state index in [0.29, 0.717) is 17.3 Å². The van der Waals surface area contributed by atoms with Crippen LogP contribution in [-0.2, 0) is 4.79 Å². The van der Waals surface area contributed by atoms with Crippen LogP contribution in [0.3, 0.4) is 0 Å². The van der Waals surface area contributed by atoms with E-state index >= 15 is 0 Å². The van der Waals surface area contributed by atoms with Crippen LogP contribution in [0.15, 0.2) is 41.8 Å². The largest absolute Gasteiger partial charge is 0.483 e. The highest BCUT2D eigenvalue weighted by Gasteiger charge is 2.31. The van der Waals surface area contributed by atoms with Crippen LogP contribution in [0.2, 0.25) is 0 Å². The predicted octanol–water partition coefficient (Wildman–Crippen LogP) is 2.19. The Morgan fingerprint density at radius 3 is 2.82 bits per heavy atom. The molecule has 1 atom stereocenters. The first-order valence-electron chi connectivity index (χ1n) is 9.92. The summed E-state index contributed by atoms with van der Waals surface area (Å²) in [5, 5.41) is 0.858. The topological polar surface area (TPSA) is 111 Å². The molecule has 166 valence electrons. The fraction of sp³-hybridized carbons (Fsp3) is 0.190. The normalized spacial score (nSPS) is 14.5. The second-order valence-electron chi connectivity index (χ2n) is 7.45. The van der Waals surface area contributed by atoms with Gasteiger partial charge in [0.2, 0.25) is 5.68 Å². The fourth-order valence-corrected chi connectivity index (χ4v) is 4.17. The lowest BCUT2D eigenvalue weighted by atomic mass is 9.86. The van der Waals surface area contributed by atoms with Gasteiger partial charge in [-0.3, -0.25) is 19.5 Å². The van der Waals surface area contributed by atoms with Crippen LogP contribution in [0.25, 0.3) is 11.3 Å². The van der Waals surface area contributed by atoms with E-state index in [4.69, 9.17) is 4.74 Å². The lowest BCUT2D eigenvalue weighted by Gasteiger charge is -2.15. The lowest BCUT2D eigenvalue weighted by molar-refractivity contribution is -0.112. The quantitative estimate of drug-likeness (QED) is 0.268. The van der Waals surface area contributed by atoms with Crippen molar-refractivity contribution in [2.45, 2.75) is 13.8 Å². The number of halogens is 1. The molecule has 12 heteroatoms. The summed E-state index contributed by atoms with van der Waals surface area (Å²) >= 11 is 1.88. The average molecular weight is 572 g/mol. The summed E-state index contributed by atoms with van der Waals surface area (Å²) in [4.78, 5) is 48.9. The molecule has 3 aromatic rings. The summed E-state index contributed by atoms with van der Waals surface area (Å²) < 4.78 is 4.86. The van der Waals surface area contributed by atoms with Crippen LogP contribution in [0.4, 0.5) is 5.82 Å². The van der Waals surface area contributed by atoms with Gasteiger partial charge in [-0.1, -0.05) is 0 Å². The van der Waals surface area contributed by atoms with Gasteiger partial charge in [-0.25, -0.2) is 15.0 Å². The molecule has 1 aliphatic heterocycles. The Hall–Kier alpha value is -2.79. The van der Waals surface area contributed by atoms with Crippen LogP contribution in [0, 0.1) is 13.8 Å². The van der Waals surface area contributed by atoms with Crippen molar-refractivity contribution < 1.29 is 14.3 Å². The number of aryl methyl sites for hydroxylation is 2. The Kier molecular flexibility index (Phi) is 6.80. The van der Waals surface area contributed by atoms with Crippen molar-refractivity contribution in [1.29, 1.82) is 0 Å². The zero-order chi connectivity index (χ0) is 23.7. The third-order valence-electron chi connectivity index (χ3n) is 4.99. The Balaban J connectivity index is 1.62. The second kappa shape index (κ2) is 9.60. The molecule has 0 bridgehead atoms. The van der Waals surface area contributed by atoms with Crippen molar-refractivity contribution in [3.05, 3.63) is 53.9 Å². The lowest BCUT2D eigenvalue weighted by Crippen LogP contribution is -2.36. The average Bonchev–Trinajstić information content (AvgIpc) is 2.91. The maximum Gasteiger partial charge on any atom is 0.431 e. The zero-order valence-electron chi connectivity index (χ0n) is 18.1. The standard InChI is InChI=1S/C21H19BIN6O3P/c1-11-6-15-20(26-7-11)29(3)21(31)14(10-32-15)28-22(23)18(30)19-25-8-12(2)17(27-19)13-4-5-24-9-16(13)33/h4-9H,10,33H2,1-3H3. The minimum atomic E-state index is -0.905. The van der Waals surface area contributed by atoms with Crippen molar-refractivity contribution >= 4 is 64.7 Å². The van der Waals surface area contributed by atoms with E-state index in [-0.39, 0.29) is 24.1 Å². The SMILES string of the molecule is Cc1cnc2c(c1)OCC(=NB(I)C(=O)c1ncc(C)c(-c3ccncc3P)n1)C(=O)N2C. The van der Waals surface area contributed by atoms with Gasteiger partial charge < -0.3 is 9.64 Å². The summed E-state index contributed by atoms with van der Waals surface area (Å²) in [6, 6.07) is 3.64. The molecular formula is C21H19BIN6O3P. The van der Waals surface area contributed by atoms with Gasteiger partial charge >= 0.3 is 4.70 Å². The van der Waals surface area contributed by atoms with Crippen molar-refractivity contribution in [2.24, 2.45) is 4.90 Å². The fourth-order valence-electron chi connectivity index (χ4n) is 3.24. The predicted molar refractivity (Wildman–Crippen MR) is 139 cm³/mol. The Morgan fingerprint density at radius 1 is 1.27 bits per heavy atom. The molecule has 3 aromatic heterocycles. The summed E-state index contributed by atoms with van der Waals surface area (Å²) in [6.07, 6.45) is 6.64. The smallest absolute Gasteiger partial charge is 0.431 e. The van der Waals surface area contributed by atoms with Gasteiger partial charge in [-0.15, -0.1) is 31.6 Å². The highest BCUT2D eigenvalue weighted by Crippen LogP contribution is 2.28. The minimum Gasteiger partial charge on any atom is -0.483 e. The van der Waals surface area contributed by atoms with Crippen molar-refractivity contribution in [3.8, 4) is 17.0 Å². The number of ether oxygens (including phenoxy) is 1. The molecule has 1 aliphatic rings. The van der Waals surface area contributed by atoms with Gasteiger partial charge in [0.25, 0.3) is 5.91 Å². The van der Waals surface area contributed by atoms with Gasteiger partial charge in [0.05, 0.1) is 5.69 Å². The number of hydrogen-bond donors (Lipinski definition) is 0. The van der Waals surface area contributed by atoms with Gasteiger partial charge in [-0.05, 0) is 42.4 Å². The molecule has 4 rings (SSSR count). The summed E-state index contributed by atoms with van der Waals surface area (Å²) in [7, 11) is 4.21. The molecule has 0 N–H and O–H groups in total. The van der Waals surface area contributed by atoms with Crippen LogP contribution >= 0.6 is 31.6 Å². The van der Waals surface area contributed by atoms with E-state index in [2.05, 4.69) is 34.1 Å². The van der Waals surface area contributed by atoms with Crippen LogP contribution < -0.4 is 14.9 Å². The van der Waals surface area contributed by atoms with Gasteiger partial charge in [0, 0.05) is 37.4 Å². The second-order valence-corrected chi connectivity index (χ2v) is 9.25. The third kappa shape index (κ3) is 4.79. The number of hydrogen-bond acceptors (Lipinski definition) is 8. The molecule has 0 aromatic carbocycles. The highest BCUT2D eigenvalue weighted by molar-refractivity contribution is 14.1. The number of nitrogens with zero attached hydrogens (tertiary/aromatic N) is 6. The molecule has 1 amide bonds. The Morgan fingerprint density at radius 2 is 2.06 bits per heavy atom. The molecule has 0 fully saturated rings. The number of pyridine rings is 2. The van der Waals surface area contributed by atoms with E-state index in [1.165, 1.54) is 4.90 Å². The molecule has 0 spiro atoms. The summed E-state index contributed by atoms with van der Waals surface area (Å²) in [5.74, 6) is 0.541. The first kappa shape index (κ1) is 23.4. The number of anilines is 1. The molecule has 4 heterocycles. The third-order valence-corrected chi connectivity index (χ3v) is 6.29. The number of aromatic nitrogens is 4. The highest BCUT2D eigenvalue weighted by atomic mass is 127. The van der Waals surface area contributed by atoms with Crippen LogP contribution in [0.5, 0.6) is 5.75 Å². The monoisotopic (exact) mass is 572 g/mol. The van der Waals surface area contributed by atoms with Crippen molar-refractivity contribution in [3.63, 3.8) is 0 Å². The molecule has 9 nitrogen and oxygen atoms in total. The van der Waals surface area contributed by atoms with Gasteiger partial charge in [-0.2, -0.15) is 0 Å². The number of rotatable bonds is 4. The van der Waals surface area contributed by atoms with Crippen LogP contribution in [0.1, 0.15) is 21.7 Å². The molecule has 0 aliphatic carbocycles. The van der Waals surface area contributed by atoms with E-state index in [0.717, 1.165) is 22.0 Å². The Labute approximate surface area is 206 Å². The molecule has 0 radical (unpaired) electrons. The van der Waals surface area contributed by atoms with Crippen molar-refractivity contribution in [1.82, 2.24) is 19.9 Å². The van der Waals surface area contributed by atoms with Gasteiger partial charge in [0.15, 0.2) is 17.4 Å². The molecule has 0 saturated carbocycles. The van der Waals surface area contributed by atoms with E-state index in [9.17, 15) is 9.59 Å². The molecule has 33 heavy (non-hydrogen) atoms. The van der Waals surface area contributed by atoms with Gasteiger partial charge in [0.1, 0.15) is 12.3 Å². The van der Waals surface area contributed by atoms with Crippen LogP contribution in [-0.4, -0.2) is 55.6 Å². The molecular weight excluding hydrogens is 553 g/mol. The number of fused-ring (bicyclic) bond motifs is 1. The summed E-state index contributed by atoms with van der Waals surface area (Å²) in [6.45, 7) is 3.70. The maximum absolute atomic E-state index is 13.1. The number of carbonyl (C=O) groups is 2. The van der Waals surface area contributed by atoms with E-state index < -0.39 is 10.4 Å². The van der Waals surface area contributed by atoms with E-state index in [1.54, 1.807) is 31.8 Å². The minimum absolute atomic E-state index is 0.0245. The summed E-state index contributed by atoms with van der Waals surface area (Å²) in [5.41, 5.74) is 2.93. The zero-order valence-corrected chi connectivity index (χ0v) is 21.4.